The molecule has 0 aliphatic carbocycles. The van der Waals surface area contributed by atoms with E-state index in [0.717, 1.165) is 0 Å². The smallest absolute Gasteiger partial charge is 0.444 e. The molecule has 3 rings (SSSR count). The number of carbonyl (C=O) groups is 2. The lowest BCUT2D eigenvalue weighted by Gasteiger charge is -2.09. The van der Waals surface area contributed by atoms with E-state index >= 15 is 0 Å². The standard InChI is InChI=1S/C17H13F3N6O4/c1-8-10(4-5-12(23-8)14-25-15(30-26-14)17(18,19)20)24-16(28)29-7-9-2-3-11(13(21)27)22-6-9/h2-6H,7H2,1H3,(H2,21,27)(H,24,28). The van der Waals surface area contributed by atoms with E-state index in [1.165, 1.54) is 37.4 Å². The van der Waals surface area contributed by atoms with Crippen LogP contribution < -0.4 is 11.1 Å². The number of carbonyl (C=O) groups excluding carboxylic acids is 2. The third-order valence-electron chi connectivity index (χ3n) is 3.67. The Morgan fingerprint density at radius 2 is 1.97 bits per heavy atom. The zero-order chi connectivity index (χ0) is 21.9. The van der Waals surface area contributed by atoms with Crippen LogP contribution in [0.5, 0.6) is 0 Å². The Balaban J connectivity index is 1.62. The molecule has 0 radical (unpaired) electrons. The Kier molecular flexibility index (Phi) is 5.62. The predicted octanol–water partition coefficient (Wildman–Crippen LogP) is 2.70. The van der Waals surface area contributed by atoms with Gasteiger partial charge in [0.25, 0.3) is 5.91 Å². The summed E-state index contributed by atoms with van der Waals surface area (Å²) in [6.45, 7) is 1.40. The molecule has 0 unspecified atom stereocenters. The number of alkyl halides is 3. The largest absolute Gasteiger partial charge is 0.471 e. The maximum absolute atomic E-state index is 12.6. The first-order valence-electron chi connectivity index (χ1n) is 8.21. The number of hydrogen-bond acceptors (Lipinski definition) is 8. The summed E-state index contributed by atoms with van der Waals surface area (Å²) in [6, 6.07) is 5.65. The van der Waals surface area contributed by atoms with E-state index in [-0.39, 0.29) is 35.2 Å². The van der Waals surface area contributed by atoms with Crippen molar-refractivity contribution in [3.63, 3.8) is 0 Å². The minimum Gasteiger partial charge on any atom is -0.444 e. The van der Waals surface area contributed by atoms with E-state index in [2.05, 4.69) is 29.9 Å². The van der Waals surface area contributed by atoms with E-state index in [9.17, 15) is 22.8 Å². The number of aryl methyl sites for hydroxylation is 1. The minimum absolute atomic E-state index is 0.0336. The lowest BCUT2D eigenvalue weighted by Crippen LogP contribution is -2.15. The quantitative estimate of drug-likeness (QED) is 0.638. The fraction of sp³-hybridized carbons (Fsp3) is 0.176. The highest BCUT2D eigenvalue weighted by Crippen LogP contribution is 2.29. The third-order valence-corrected chi connectivity index (χ3v) is 3.67. The first kappa shape index (κ1) is 20.7. The summed E-state index contributed by atoms with van der Waals surface area (Å²) >= 11 is 0. The Bertz CT molecular complexity index is 1080. The Morgan fingerprint density at radius 3 is 2.53 bits per heavy atom. The number of halogens is 3. The molecule has 0 fully saturated rings. The van der Waals surface area contributed by atoms with Gasteiger partial charge in [0.15, 0.2) is 0 Å². The Morgan fingerprint density at radius 1 is 1.20 bits per heavy atom. The van der Waals surface area contributed by atoms with E-state index in [1.807, 2.05) is 0 Å². The van der Waals surface area contributed by atoms with Crippen LogP contribution in [-0.4, -0.2) is 32.1 Å². The average molecular weight is 422 g/mol. The molecule has 13 heteroatoms. The molecular formula is C17H13F3N6O4. The van der Waals surface area contributed by atoms with Crippen molar-refractivity contribution in [2.24, 2.45) is 5.73 Å². The second-order valence-corrected chi connectivity index (χ2v) is 5.87. The van der Waals surface area contributed by atoms with E-state index in [1.54, 1.807) is 0 Å². The molecule has 0 saturated carbocycles. The van der Waals surface area contributed by atoms with E-state index < -0.39 is 24.1 Å². The summed E-state index contributed by atoms with van der Waals surface area (Å²) < 4.78 is 46.9. The van der Waals surface area contributed by atoms with E-state index in [4.69, 9.17) is 10.5 Å². The van der Waals surface area contributed by atoms with Gasteiger partial charge in [0, 0.05) is 11.8 Å². The lowest BCUT2D eigenvalue weighted by atomic mass is 10.2. The molecule has 3 heterocycles. The summed E-state index contributed by atoms with van der Waals surface area (Å²) in [5, 5.41) is 5.70. The number of nitrogens with zero attached hydrogens (tertiary/aromatic N) is 4. The molecule has 0 aliphatic rings. The maximum Gasteiger partial charge on any atom is 0.471 e. The van der Waals surface area contributed by atoms with Crippen LogP contribution in [0.4, 0.5) is 23.7 Å². The second-order valence-electron chi connectivity index (χ2n) is 5.87. The molecule has 0 spiro atoms. The number of ether oxygens (including phenoxy) is 1. The van der Waals surface area contributed by atoms with Crippen molar-refractivity contribution in [2.75, 3.05) is 5.32 Å². The van der Waals surface area contributed by atoms with Gasteiger partial charge in [-0.05, 0) is 25.1 Å². The van der Waals surface area contributed by atoms with Gasteiger partial charge in [0.1, 0.15) is 18.0 Å². The number of hydrogen-bond donors (Lipinski definition) is 2. The maximum atomic E-state index is 12.6. The van der Waals surface area contributed by atoms with Gasteiger partial charge in [-0.1, -0.05) is 11.2 Å². The average Bonchev–Trinajstić information content (AvgIpc) is 3.19. The molecule has 0 bridgehead atoms. The number of nitrogens with two attached hydrogens (primary N) is 1. The molecule has 10 nitrogen and oxygen atoms in total. The van der Waals surface area contributed by atoms with Crippen LogP contribution in [0.2, 0.25) is 0 Å². The molecule has 0 saturated heterocycles. The summed E-state index contributed by atoms with van der Waals surface area (Å²) in [6.07, 6.45) is -4.22. The zero-order valence-electron chi connectivity index (χ0n) is 15.2. The number of amides is 2. The van der Waals surface area contributed by atoms with Crippen LogP contribution in [0.1, 0.15) is 27.6 Å². The molecule has 0 aromatic carbocycles. The third kappa shape index (κ3) is 4.87. The molecule has 156 valence electrons. The van der Waals surface area contributed by atoms with Gasteiger partial charge < -0.3 is 15.0 Å². The monoisotopic (exact) mass is 422 g/mol. The molecule has 0 aliphatic heterocycles. The lowest BCUT2D eigenvalue weighted by molar-refractivity contribution is -0.159. The van der Waals surface area contributed by atoms with Crippen molar-refractivity contribution in [1.82, 2.24) is 20.1 Å². The van der Waals surface area contributed by atoms with Gasteiger partial charge in [0.05, 0.1) is 11.4 Å². The van der Waals surface area contributed by atoms with Gasteiger partial charge >= 0.3 is 18.2 Å². The van der Waals surface area contributed by atoms with Crippen LogP contribution in [-0.2, 0) is 17.5 Å². The second kappa shape index (κ2) is 8.14. The molecule has 3 aromatic heterocycles. The molecular weight excluding hydrogens is 409 g/mol. The molecule has 30 heavy (non-hydrogen) atoms. The fourth-order valence-electron chi connectivity index (χ4n) is 2.21. The Hall–Kier alpha value is -4.03. The number of pyridine rings is 2. The van der Waals surface area contributed by atoms with Gasteiger partial charge in [-0.2, -0.15) is 18.2 Å². The van der Waals surface area contributed by atoms with Gasteiger partial charge in [-0.25, -0.2) is 9.78 Å². The highest BCUT2D eigenvalue weighted by atomic mass is 19.4. The number of rotatable bonds is 5. The van der Waals surface area contributed by atoms with Crippen LogP contribution in [0.3, 0.4) is 0 Å². The molecule has 3 aromatic rings. The fourth-order valence-corrected chi connectivity index (χ4v) is 2.21. The van der Waals surface area contributed by atoms with Crippen LogP contribution in [0.15, 0.2) is 35.0 Å². The van der Waals surface area contributed by atoms with Crippen molar-refractivity contribution >= 4 is 17.7 Å². The van der Waals surface area contributed by atoms with E-state index in [0.29, 0.717) is 5.56 Å². The SMILES string of the molecule is Cc1nc(-c2noc(C(F)(F)F)n2)ccc1NC(=O)OCc1ccc(C(N)=O)nc1. The minimum atomic E-state index is -4.76. The zero-order valence-corrected chi connectivity index (χ0v) is 15.2. The summed E-state index contributed by atoms with van der Waals surface area (Å²) in [4.78, 5) is 34.1. The number of primary amides is 1. The number of anilines is 1. The summed E-state index contributed by atoms with van der Waals surface area (Å²) in [7, 11) is 0. The van der Waals surface area contributed by atoms with Crippen molar-refractivity contribution in [3.05, 3.63) is 53.3 Å². The van der Waals surface area contributed by atoms with Crippen LogP contribution in [0.25, 0.3) is 11.5 Å². The van der Waals surface area contributed by atoms with Crippen LogP contribution in [0, 0.1) is 6.92 Å². The predicted molar refractivity (Wildman–Crippen MR) is 93.8 cm³/mol. The highest BCUT2D eigenvalue weighted by Gasteiger charge is 2.38. The van der Waals surface area contributed by atoms with Gasteiger partial charge in [0.2, 0.25) is 5.82 Å². The molecule has 0 atom stereocenters. The van der Waals surface area contributed by atoms with Gasteiger partial charge in [-0.3, -0.25) is 15.1 Å². The van der Waals surface area contributed by atoms with Crippen LogP contribution >= 0.6 is 0 Å². The highest BCUT2D eigenvalue weighted by molar-refractivity contribution is 5.90. The number of nitrogens with one attached hydrogen (secondary N) is 1. The first-order valence-corrected chi connectivity index (χ1v) is 8.21. The summed E-state index contributed by atoms with van der Waals surface area (Å²) in [5.41, 5.74) is 6.28. The van der Waals surface area contributed by atoms with Crippen molar-refractivity contribution < 1.29 is 32.0 Å². The normalized spacial score (nSPS) is 11.2. The van der Waals surface area contributed by atoms with Crippen molar-refractivity contribution in [2.45, 2.75) is 19.7 Å². The topological polar surface area (TPSA) is 146 Å². The Labute approximate surface area is 166 Å². The molecule has 2 amide bonds. The van der Waals surface area contributed by atoms with Crippen molar-refractivity contribution in [1.29, 1.82) is 0 Å². The molecule has 3 N–H and O–H groups in total. The first-order chi connectivity index (χ1) is 14.1. The van der Waals surface area contributed by atoms with Gasteiger partial charge in [-0.15, -0.1) is 0 Å². The number of aromatic nitrogens is 4. The summed E-state index contributed by atoms with van der Waals surface area (Å²) in [5.74, 6) is -2.50. The van der Waals surface area contributed by atoms with Crippen molar-refractivity contribution in [3.8, 4) is 11.5 Å².